The molecule has 1 rings (SSSR count). The van der Waals surface area contributed by atoms with Crippen LogP contribution in [0.25, 0.3) is 0 Å². The number of nitrogens with one attached hydrogen (secondary N) is 1. The molecule has 1 aromatic carbocycles. The summed E-state index contributed by atoms with van der Waals surface area (Å²) in [6.45, 7) is 3.25. The fraction of sp³-hybridized carbons (Fsp3) is 0.538. The van der Waals surface area contributed by atoms with Crippen molar-refractivity contribution in [3.05, 3.63) is 35.4 Å². The van der Waals surface area contributed by atoms with Crippen LogP contribution in [0.2, 0.25) is 0 Å². The van der Waals surface area contributed by atoms with E-state index >= 15 is 0 Å². The molecule has 0 spiro atoms. The van der Waals surface area contributed by atoms with Gasteiger partial charge in [-0.15, -0.1) is 0 Å². The molecule has 1 atom stereocenters. The molecular weight excluding hydrogens is 202 g/mol. The van der Waals surface area contributed by atoms with Crippen LogP contribution in [0.4, 0.5) is 0 Å². The van der Waals surface area contributed by atoms with Crippen LogP contribution in [0.3, 0.4) is 0 Å². The average molecular weight is 223 g/mol. The van der Waals surface area contributed by atoms with Gasteiger partial charge in [0, 0.05) is 19.2 Å². The number of aliphatic hydroxyl groups excluding tert-OH is 2. The van der Waals surface area contributed by atoms with E-state index < -0.39 is 0 Å². The Labute approximate surface area is 97.1 Å². The zero-order valence-corrected chi connectivity index (χ0v) is 9.82. The van der Waals surface area contributed by atoms with E-state index in [4.69, 9.17) is 10.2 Å². The monoisotopic (exact) mass is 223 g/mol. The number of hydrogen-bond acceptors (Lipinski definition) is 3. The summed E-state index contributed by atoms with van der Waals surface area (Å²) in [6.07, 6.45) is 1.82. The van der Waals surface area contributed by atoms with Gasteiger partial charge in [0.15, 0.2) is 0 Å². The molecule has 90 valence electrons. The number of hydrogen-bond donors (Lipinski definition) is 3. The van der Waals surface area contributed by atoms with E-state index in [1.54, 1.807) is 0 Å². The molecular formula is C13H21NO2. The van der Waals surface area contributed by atoms with Crippen molar-refractivity contribution in [3.8, 4) is 0 Å². The summed E-state index contributed by atoms with van der Waals surface area (Å²) in [5.41, 5.74) is 2.14. The third-order valence-corrected chi connectivity index (χ3v) is 2.77. The van der Waals surface area contributed by atoms with Crippen LogP contribution in [0.15, 0.2) is 24.3 Å². The van der Waals surface area contributed by atoms with Crippen molar-refractivity contribution in [1.82, 2.24) is 5.32 Å². The molecule has 0 aromatic heterocycles. The molecule has 0 amide bonds. The average Bonchev–Trinajstić information content (AvgIpc) is 2.35. The highest BCUT2D eigenvalue weighted by Crippen LogP contribution is 2.05. The Morgan fingerprint density at radius 1 is 1.12 bits per heavy atom. The topological polar surface area (TPSA) is 52.5 Å². The summed E-state index contributed by atoms with van der Waals surface area (Å²) in [7, 11) is 0. The minimum atomic E-state index is 0.0931. The van der Waals surface area contributed by atoms with E-state index in [0.29, 0.717) is 6.04 Å². The van der Waals surface area contributed by atoms with Gasteiger partial charge < -0.3 is 15.5 Å². The second kappa shape index (κ2) is 7.39. The van der Waals surface area contributed by atoms with Gasteiger partial charge in [-0.2, -0.15) is 0 Å². The van der Waals surface area contributed by atoms with Gasteiger partial charge in [-0.05, 0) is 24.0 Å². The molecule has 0 aliphatic carbocycles. The summed E-state index contributed by atoms with van der Waals surface area (Å²) in [5, 5.41) is 21.2. The van der Waals surface area contributed by atoms with Gasteiger partial charge in [0.1, 0.15) is 0 Å². The number of aliphatic hydroxyl groups is 2. The van der Waals surface area contributed by atoms with Crippen LogP contribution in [0, 0.1) is 0 Å². The van der Waals surface area contributed by atoms with Crippen LogP contribution in [-0.2, 0) is 13.2 Å². The van der Waals surface area contributed by atoms with Gasteiger partial charge in [0.25, 0.3) is 0 Å². The molecule has 3 N–H and O–H groups in total. The van der Waals surface area contributed by atoms with E-state index in [2.05, 4.69) is 12.2 Å². The summed E-state index contributed by atoms with van der Waals surface area (Å²) in [6, 6.07) is 8.28. The van der Waals surface area contributed by atoms with Gasteiger partial charge in [-0.1, -0.05) is 31.2 Å². The van der Waals surface area contributed by atoms with E-state index in [1.165, 1.54) is 5.56 Å². The fourth-order valence-electron chi connectivity index (χ4n) is 1.63. The second-order valence-corrected chi connectivity index (χ2v) is 3.97. The van der Waals surface area contributed by atoms with Gasteiger partial charge in [0.2, 0.25) is 0 Å². The van der Waals surface area contributed by atoms with Crippen LogP contribution < -0.4 is 5.32 Å². The molecule has 16 heavy (non-hydrogen) atoms. The van der Waals surface area contributed by atoms with Crippen molar-refractivity contribution in [3.63, 3.8) is 0 Å². The van der Waals surface area contributed by atoms with Crippen molar-refractivity contribution in [2.24, 2.45) is 0 Å². The van der Waals surface area contributed by atoms with E-state index in [0.717, 1.165) is 24.9 Å². The zero-order chi connectivity index (χ0) is 11.8. The molecule has 3 nitrogen and oxygen atoms in total. The van der Waals surface area contributed by atoms with Crippen LogP contribution in [-0.4, -0.2) is 22.9 Å². The Hall–Kier alpha value is -0.900. The second-order valence-electron chi connectivity index (χ2n) is 3.97. The minimum absolute atomic E-state index is 0.0931. The Bertz CT molecular complexity index is 284. The first-order valence-corrected chi connectivity index (χ1v) is 5.83. The molecule has 0 radical (unpaired) electrons. The highest BCUT2D eigenvalue weighted by molar-refractivity contribution is 5.21. The first-order chi connectivity index (χ1) is 7.80. The lowest BCUT2D eigenvalue weighted by molar-refractivity contribution is 0.262. The molecule has 0 fully saturated rings. The van der Waals surface area contributed by atoms with Crippen LogP contribution in [0.1, 0.15) is 30.9 Å². The maximum absolute atomic E-state index is 8.91. The first-order valence-electron chi connectivity index (χ1n) is 5.83. The molecule has 0 aliphatic heterocycles. The first kappa shape index (κ1) is 13.2. The SMILES string of the molecule is CCC(CCO)NCc1ccc(CO)cc1. The maximum atomic E-state index is 8.91. The van der Waals surface area contributed by atoms with E-state index in [9.17, 15) is 0 Å². The maximum Gasteiger partial charge on any atom is 0.0681 e. The van der Waals surface area contributed by atoms with Crippen molar-refractivity contribution in [2.75, 3.05) is 6.61 Å². The standard InChI is InChI=1S/C13H21NO2/c1-2-13(7-8-15)14-9-11-3-5-12(10-16)6-4-11/h3-6,13-16H,2,7-10H2,1H3. The van der Waals surface area contributed by atoms with E-state index in [1.807, 2.05) is 24.3 Å². The molecule has 0 heterocycles. The third-order valence-electron chi connectivity index (χ3n) is 2.77. The quantitative estimate of drug-likeness (QED) is 0.655. The molecule has 3 heteroatoms. The van der Waals surface area contributed by atoms with Gasteiger partial charge in [-0.3, -0.25) is 0 Å². The molecule has 0 saturated carbocycles. The fourth-order valence-corrected chi connectivity index (χ4v) is 1.63. The smallest absolute Gasteiger partial charge is 0.0681 e. The molecule has 0 aliphatic rings. The normalized spacial score (nSPS) is 12.7. The molecule has 1 unspecified atom stereocenters. The van der Waals surface area contributed by atoms with Crippen molar-refractivity contribution in [1.29, 1.82) is 0 Å². The molecule has 0 saturated heterocycles. The predicted molar refractivity (Wildman–Crippen MR) is 65.0 cm³/mol. The predicted octanol–water partition coefficient (Wildman–Crippen LogP) is 1.43. The van der Waals surface area contributed by atoms with Crippen molar-refractivity contribution >= 4 is 0 Å². The largest absolute Gasteiger partial charge is 0.396 e. The zero-order valence-electron chi connectivity index (χ0n) is 9.82. The summed E-state index contributed by atoms with van der Waals surface area (Å²) in [4.78, 5) is 0. The van der Waals surface area contributed by atoms with Crippen LogP contribution >= 0.6 is 0 Å². The van der Waals surface area contributed by atoms with Crippen molar-refractivity contribution < 1.29 is 10.2 Å². The third kappa shape index (κ3) is 4.31. The van der Waals surface area contributed by atoms with Gasteiger partial charge >= 0.3 is 0 Å². The number of benzene rings is 1. The Morgan fingerprint density at radius 2 is 1.75 bits per heavy atom. The summed E-state index contributed by atoms with van der Waals surface area (Å²) < 4.78 is 0. The highest BCUT2D eigenvalue weighted by Gasteiger charge is 2.04. The van der Waals surface area contributed by atoms with E-state index in [-0.39, 0.29) is 13.2 Å². The molecule has 0 bridgehead atoms. The lowest BCUT2D eigenvalue weighted by Gasteiger charge is -2.15. The Kier molecular flexibility index (Phi) is 6.08. The highest BCUT2D eigenvalue weighted by atomic mass is 16.3. The van der Waals surface area contributed by atoms with Gasteiger partial charge in [-0.25, -0.2) is 0 Å². The van der Waals surface area contributed by atoms with Gasteiger partial charge in [0.05, 0.1) is 6.61 Å². The lowest BCUT2D eigenvalue weighted by atomic mass is 10.1. The summed E-state index contributed by atoms with van der Waals surface area (Å²) in [5.74, 6) is 0. The minimum Gasteiger partial charge on any atom is -0.396 e. The summed E-state index contributed by atoms with van der Waals surface area (Å²) >= 11 is 0. The Balaban J connectivity index is 2.40. The lowest BCUT2D eigenvalue weighted by Crippen LogP contribution is -2.28. The van der Waals surface area contributed by atoms with Crippen LogP contribution in [0.5, 0.6) is 0 Å². The number of rotatable bonds is 7. The molecule has 1 aromatic rings. The Morgan fingerprint density at radius 3 is 2.25 bits per heavy atom. The van der Waals surface area contributed by atoms with Crippen molar-refractivity contribution in [2.45, 2.75) is 39.0 Å².